The molecule has 0 unspecified atom stereocenters. The zero-order valence-corrected chi connectivity index (χ0v) is 16.0. The Morgan fingerprint density at radius 2 is 0.808 bits per heavy atom. The van der Waals surface area contributed by atoms with E-state index in [0.717, 1.165) is 35.5 Å². The van der Waals surface area contributed by atoms with Crippen LogP contribution in [0.25, 0.3) is 0 Å². The van der Waals surface area contributed by atoms with E-state index in [1.165, 1.54) is 77.0 Å². The number of carbonyl (C=O) groups excluding carboxylic acids is 1. The third-order valence-electron chi connectivity index (χ3n) is 10.4. The number of hydrogen-bond donors (Lipinski definition) is 2. The van der Waals surface area contributed by atoms with E-state index >= 15 is 0 Å². The van der Waals surface area contributed by atoms with Gasteiger partial charge in [-0.05, 0) is 123 Å². The van der Waals surface area contributed by atoms with E-state index in [0.29, 0.717) is 22.9 Å². The van der Waals surface area contributed by atoms with Crippen LogP contribution >= 0.6 is 0 Å². The van der Waals surface area contributed by atoms with Gasteiger partial charge in [-0.15, -0.1) is 0 Å². The second kappa shape index (κ2) is 4.81. The summed E-state index contributed by atoms with van der Waals surface area (Å²) in [5, 5.41) is 7.07. The molecule has 0 aromatic carbocycles. The summed E-state index contributed by atoms with van der Waals surface area (Å²) in [6.07, 6.45) is 17.4. The molecule has 9 fully saturated rings. The van der Waals surface area contributed by atoms with Crippen molar-refractivity contribution in [1.29, 1.82) is 0 Å². The Bertz CT molecular complexity index is 530. The molecule has 1 heterocycles. The molecule has 9 rings (SSSR count). The Balaban J connectivity index is 1.27. The summed E-state index contributed by atoms with van der Waals surface area (Å²) < 4.78 is 0. The van der Waals surface area contributed by atoms with Crippen molar-refractivity contribution in [3.63, 3.8) is 0 Å². The van der Waals surface area contributed by atoms with E-state index < -0.39 is 0 Å². The minimum atomic E-state index is 0.159. The predicted octanol–water partition coefficient (Wildman–Crippen LogP) is 4.47. The molecule has 0 aromatic rings. The number of amides is 2. The van der Waals surface area contributed by atoms with Crippen molar-refractivity contribution in [3.8, 4) is 0 Å². The molecule has 26 heavy (non-hydrogen) atoms. The van der Waals surface area contributed by atoms with Gasteiger partial charge in [-0.3, -0.25) is 0 Å². The van der Waals surface area contributed by atoms with Gasteiger partial charge < -0.3 is 10.6 Å². The van der Waals surface area contributed by atoms with Crippen molar-refractivity contribution >= 4 is 6.03 Å². The SMILES string of the molecule is O=C1N[C@@H](C23CC4CC(CC(C4)C2)C3)[C@H](C23CC4CC(CC(C4)C2)C3)N1. The Morgan fingerprint density at radius 1 is 0.538 bits per heavy atom. The fourth-order valence-electron chi connectivity index (χ4n) is 10.6. The molecule has 2 atom stereocenters. The minimum Gasteiger partial charge on any atom is -0.333 e. The first kappa shape index (κ1) is 15.2. The molecule has 8 saturated carbocycles. The van der Waals surface area contributed by atoms with Gasteiger partial charge in [0.15, 0.2) is 0 Å². The van der Waals surface area contributed by atoms with Crippen LogP contribution < -0.4 is 10.6 Å². The Kier molecular flexibility index (Phi) is 2.82. The Morgan fingerprint density at radius 3 is 1.08 bits per heavy atom. The van der Waals surface area contributed by atoms with Crippen LogP contribution in [0.15, 0.2) is 0 Å². The minimum absolute atomic E-state index is 0.159. The summed E-state index contributed by atoms with van der Waals surface area (Å²) in [5.74, 6) is 5.81. The van der Waals surface area contributed by atoms with E-state index in [9.17, 15) is 4.79 Å². The number of hydrogen-bond acceptors (Lipinski definition) is 1. The van der Waals surface area contributed by atoms with Crippen LogP contribution in [0.5, 0.6) is 0 Å². The highest BCUT2D eigenvalue weighted by Crippen LogP contribution is 2.66. The molecule has 1 saturated heterocycles. The largest absolute Gasteiger partial charge is 0.333 e. The summed E-state index contributed by atoms with van der Waals surface area (Å²) >= 11 is 0. The summed E-state index contributed by atoms with van der Waals surface area (Å²) in [7, 11) is 0. The van der Waals surface area contributed by atoms with E-state index in [2.05, 4.69) is 10.6 Å². The van der Waals surface area contributed by atoms with Crippen molar-refractivity contribution < 1.29 is 4.79 Å². The van der Waals surface area contributed by atoms with Gasteiger partial charge in [0, 0.05) is 0 Å². The maximum absolute atomic E-state index is 12.6. The van der Waals surface area contributed by atoms with E-state index in [1.807, 2.05) is 0 Å². The van der Waals surface area contributed by atoms with Crippen LogP contribution in [0, 0.1) is 46.3 Å². The quantitative estimate of drug-likeness (QED) is 0.755. The van der Waals surface area contributed by atoms with Crippen molar-refractivity contribution in [2.45, 2.75) is 89.1 Å². The van der Waals surface area contributed by atoms with Crippen molar-refractivity contribution in [2.24, 2.45) is 46.3 Å². The number of urea groups is 1. The first-order valence-corrected chi connectivity index (χ1v) is 11.7. The van der Waals surface area contributed by atoms with Gasteiger partial charge in [0.1, 0.15) is 0 Å². The van der Waals surface area contributed by atoms with Crippen LogP contribution in [-0.4, -0.2) is 18.1 Å². The van der Waals surface area contributed by atoms with Crippen LogP contribution in [-0.2, 0) is 0 Å². The third kappa shape index (κ3) is 1.93. The fraction of sp³-hybridized carbons (Fsp3) is 0.957. The van der Waals surface area contributed by atoms with Crippen molar-refractivity contribution in [2.75, 3.05) is 0 Å². The van der Waals surface area contributed by atoms with Gasteiger partial charge in [0.25, 0.3) is 0 Å². The van der Waals surface area contributed by atoms with E-state index in [1.54, 1.807) is 0 Å². The van der Waals surface area contributed by atoms with Gasteiger partial charge >= 0.3 is 6.03 Å². The van der Waals surface area contributed by atoms with Gasteiger partial charge in [-0.1, -0.05) is 0 Å². The molecule has 3 nitrogen and oxygen atoms in total. The highest BCUT2D eigenvalue weighted by atomic mass is 16.2. The normalized spacial score (nSPS) is 61.8. The van der Waals surface area contributed by atoms with Crippen LogP contribution in [0.2, 0.25) is 0 Å². The molecule has 0 spiro atoms. The molecule has 9 aliphatic rings. The molecule has 1 aliphatic heterocycles. The van der Waals surface area contributed by atoms with Crippen LogP contribution in [0.1, 0.15) is 77.0 Å². The maximum atomic E-state index is 12.6. The number of nitrogens with one attached hydrogen (secondary N) is 2. The van der Waals surface area contributed by atoms with Gasteiger partial charge in [-0.2, -0.15) is 0 Å². The first-order chi connectivity index (χ1) is 12.6. The second-order valence-corrected chi connectivity index (χ2v) is 12.1. The molecule has 3 heteroatoms. The van der Waals surface area contributed by atoms with Crippen molar-refractivity contribution in [3.05, 3.63) is 0 Å². The zero-order valence-electron chi connectivity index (χ0n) is 16.0. The van der Waals surface area contributed by atoms with Gasteiger partial charge in [0.2, 0.25) is 0 Å². The van der Waals surface area contributed by atoms with Gasteiger partial charge in [-0.25, -0.2) is 4.79 Å². The van der Waals surface area contributed by atoms with Crippen LogP contribution in [0.3, 0.4) is 0 Å². The first-order valence-electron chi connectivity index (χ1n) is 11.7. The summed E-state index contributed by atoms with van der Waals surface area (Å²) in [4.78, 5) is 12.6. The average molecular weight is 355 g/mol. The lowest BCUT2D eigenvalue weighted by molar-refractivity contribution is -0.112. The summed E-state index contributed by atoms with van der Waals surface area (Å²) in [5.41, 5.74) is 0.865. The monoisotopic (exact) mass is 354 g/mol. The smallest absolute Gasteiger partial charge is 0.315 e. The van der Waals surface area contributed by atoms with Crippen molar-refractivity contribution in [1.82, 2.24) is 10.6 Å². The lowest BCUT2D eigenvalue weighted by atomic mass is 9.43. The van der Waals surface area contributed by atoms with E-state index in [-0.39, 0.29) is 6.03 Å². The number of carbonyl (C=O) groups is 1. The molecule has 2 amide bonds. The highest BCUT2D eigenvalue weighted by Gasteiger charge is 2.63. The third-order valence-corrected chi connectivity index (χ3v) is 10.4. The molecule has 8 aliphatic carbocycles. The molecule has 142 valence electrons. The molecular weight excluding hydrogens is 320 g/mol. The predicted molar refractivity (Wildman–Crippen MR) is 100 cm³/mol. The number of rotatable bonds is 2. The average Bonchev–Trinajstić information content (AvgIpc) is 2.96. The van der Waals surface area contributed by atoms with E-state index in [4.69, 9.17) is 0 Å². The lowest BCUT2D eigenvalue weighted by Crippen LogP contribution is -2.64. The summed E-state index contributed by atoms with van der Waals surface area (Å²) in [6.45, 7) is 0. The fourth-order valence-corrected chi connectivity index (χ4v) is 10.6. The zero-order chi connectivity index (χ0) is 17.1. The Hall–Kier alpha value is -0.730. The lowest BCUT2D eigenvalue weighted by Gasteiger charge is -2.63. The highest BCUT2D eigenvalue weighted by molar-refractivity contribution is 5.78. The standard InChI is InChI=1S/C23H34N2O/c26-21-24-19(22-7-13-1-14(8-22)3-15(2-13)9-22)20(25-21)23-10-16-4-17(11-23)6-18(5-16)12-23/h13-20H,1-12H2,(H2,24,25,26)/t13?,14?,15?,16?,17?,18?,19-,20-,22?,23?/m1/s1. The maximum Gasteiger partial charge on any atom is 0.315 e. The van der Waals surface area contributed by atoms with Crippen LogP contribution in [0.4, 0.5) is 4.79 Å². The molecule has 2 N–H and O–H groups in total. The molecule has 0 radical (unpaired) electrons. The molecule has 0 aromatic heterocycles. The Labute approximate surface area is 157 Å². The van der Waals surface area contributed by atoms with Gasteiger partial charge in [0.05, 0.1) is 12.1 Å². The summed E-state index contributed by atoms with van der Waals surface area (Å²) in [6, 6.07) is 1.02. The topological polar surface area (TPSA) is 41.1 Å². The second-order valence-electron chi connectivity index (χ2n) is 12.1. The molecule has 8 bridgehead atoms. The molecular formula is C23H34N2O.